The fraction of sp³-hybridized carbons (Fsp3) is 0.143. The first kappa shape index (κ1) is 13.2. The Morgan fingerprint density at radius 3 is 3.00 bits per heavy atom. The van der Waals surface area contributed by atoms with Crippen molar-refractivity contribution in [2.45, 2.75) is 13.3 Å². The second kappa shape index (κ2) is 5.59. The van der Waals surface area contributed by atoms with Gasteiger partial charge in [-0.25, -0.2) is 0 Å². The number of rotatable bonds is 2. The normalized spacial score (nSPS) is 17.1. The maximum Gasteiger partial charge on any atom is 0.228 e. The molecule has 0 unspecified atom stereocenters. The van der Waals surface area contributed by atoms with Crippen LogP contribution in [0.2, 0.25) is 5.02 Å². The van der Waals surface area contributed by atoms with Crippen LogP contribution in [0.3, 0.4) is 0 Å². The first-order valence-corrected chi connectivity index (χ1v) is 6.10. The van der Waals surface area contributed by atoms with E-state index in [1.807, 2.05) is 12.1 Å². The number of carbonyl (C=O) groups is 1. The number of halogens is 1. The van der Waals surface area contributed by atoms with Gasteiger partial charge in [-0.15, -0.1) is 0 Å². The molecule has 0 atom stereocenters. The number of allylic oxidation sites excluding steroid dienone is 2. The lowest BCUT2D eigenvalue weighted by molar-refractivity contribution is -0.119. The van der Waals surface area contributed by atoms with Gasteiger partial charge in [0, 0.05) is 22.6 Å². The van der Waals surface area contributed by atoms with E-state index in [4.69, 9.17) is 16.9 Å². The van der Waals surface area contributed by atoms with E-state index in [0.29, 0.717) is 21.9 Å². The van der Waals surface area contributed by atoms with Crippen molar-refractivity contribution < 1.29 is 4.79 Å². The number of nitriles is 1. The summed E-state index contributed by atoms with van der Waals surface area (Å²) in [5, 5.41) is 15.4. The molecule has 0 aliphatic carbocycles. The van der Waals surface area contributed by atoms with E-state index in [1.54, 1.807) is 25.3 Å². The molecule has 2 rings (SSSR count). The molecule has 0 spiro atoms. The van der Waals surface area contributed by atoms with Crippen molar-refractivity contribution in [2.24, 2.45) is 0 Å². The van der Waals surface area contributed by atoms with E-state index in [2.05, 4.69) is 16.7 Å². The van der Waals surface area contributed by atoms with Crippen molar-refractivity contribution in [1.29, 1.82) is 5.26 Å². The lowest BCUT2D eigenvalue weighted by Gasteiger charge is -2.17. The van der Waals surface area contributed by atoms with E-state index < -0.39 is 0 Å². The zero-order valence-corrected chi connectivity index (χ0v) is 11.1. The third kappa shape index (κ3) is 3.15. The maximum atomic E-state index is 11.5. The van der Waals surface area contributed by atoms with Crippen molar-refractivity contribution in [1.82, 2.24) is 5.32 Å². The topological polar surface area (TPSA) is 64.9 Å². The predicted octanol–water partition coefficient (Wildman–Crippen LogP) is 2.95. The van der Waals surface area contributed by atoms with E-state index in [1.165, 1.54) is 0 Å². The Hall–Kier alpha value is -2.25. The van der Waals surface area contributed by atoms with E-state index in [-0.39, 0.29) is 12.3 Å². The van der Waals surface area contributed by atoms with Crippen LogP contribution in [0.5, 0.6) is 0 Å². The second-order valence-electron chi connectivity index (χ2n) is 4.16. The summed E-state index contributed by atoms with van der Waals surface area (Å²) < 4.78 is 0. The molecule has 19 heavy (non-hydrogen) atoms. The van der Waals surface area contributed by atoms with Crippen molar-refractivity contribution in [3.8, 4) is 6.07 Å². The zero-order valence-electron chi connectivity index (χ0n) is 10.3. The van der Waals surface area contributed by atoms with Gasteiger partial charge in [0.2, 0.25) is 5.91 Å². The van der Waals surface area contributed by atoms with Crippen LogP contribution in [0.1, 0.15) is 13.3 Å². The minimum atomic E-state index is -0.115. The molecule has 5 heteroatoms. The predicted molar refractivity (Wildman–Crippen MR) is 74.2 cm³/mol. The zero-order chi connectivity index (χ0) is 13.8. The number of hydrogen-bond acceptors (Lipinski definition) is 3. The fourth-order valence-electron chi connectivity index (χ4n) is 1.85. The SMILES string of the molecule is CC1=C(C#N)C(=CNc2cccc(Cl)c2)CC(=O)N1. The number of carbonyl (C=O) groups excluding carboxylic acids is 1. The summed E-state index contributed by atoms with van der Waals surface area (Å²) in [4.78, 5) is 11.5. The molecule has 1 aliphatic heterocycles. The van der Waals surface area contributed by atoms with Crippen LogP contribution in [0, 0.1) is 11.3 Å². The maximum absolute atomic E-state index is 11.5. The summed E-state index contributed by atoms with van der Waals surface area (Å²) in [6, 6.07) is 9.33. The molecule has 1 aliphatic rings. The first-order valence-electron chi connectivity index (χ1n) is 5.72. The molecule has 0 fully saturated rings. The molecule has 0 saturated carbocycles. The van der Waals surface area contributed by atoms with E-state index in [9.17, 15) is 4.79 Å². The highest BCUT2D eigenvalue weighted by Gasteiger charge is 2.19. The molecule has 0 aromatic heterocycles. The Morgan fingerprint density at radius 2 is 2.32 bits per heavy atom. The van der Waals surface area contributed by atoms with Crippen LogP contribution in [-0.4, -0.2) is 5.91 Å². The van der Waals surface area contributed by atoms with Gasteiger partial charge < -0.3 is 10.6 Å². The number of nitrogens with one attached hydrogen (secondary N) is 2. The Morgan fingerprint density at radius 1 is 1.53 bits per heavy atom. The lowest BCUT2D eigenvalue weighted by Crippen LogP contribution is -2.28. The molecule has 2 N–H and O–H groups in total. The second-order valence-corrected chi connectivity index (χ2v) is 4.60. The molecule has 0 saturated heterocycles. The highest BCUT2D eigenvalue weighted by atomic mass is 35.5. The molecule has 4 nitrogen and oxygen atoms in total. The van der Waals surface area contributed by atoms with Gasteiger partial charge in [0.15, 0.2) is 0 Å². The summed E-state index contributed by atoms with van der Waals surface area (Å²) in [5.74, 6) is -0.115. The number of amides is 1. The summed E-state index contributed by atoms with van der Waals surface area (Å²) in [5.41, 5.74) is 2.55. The smallest absolute Gasteiger partial charge is 0.228 e. The van der Waals surface area contributed by atoms with Gasteiger partial charge in [-0.1, -0.05) is 17.7 Å². The average Bonchev–Trinajstić information content (AvgIpc) is 2.36. The molecule has 1 aromatic rings. The Labute approximate surface area is 116 Å². The molecule has 96 valence electrons. The highest BCUT2D eigenvalue weighted by molar-refractivity contribution is 6.30. The van der Waals surface area contributed by atoms with Crippen LogP contribution in [-0.2, 0) is 4.79 Å². The van der Waals surface area contributed by atoms with E-state index >= 15 is 0 Å². The Balaban J connectivity index is 2.25. The van der Waals surface area contributed by atoms with Gasteiger partial charge in [-0.3, -0.25) is 4.79 Å². The van der Waals surface area contributed by atoms with Crippen LogP contribution in [0.25, 0.3) is 0 Å². The van der Waals surface area contributed by atoms with Crippen LogP contribution >= 0.6 is 11.6 Å². The number of nitrogens with zero attached hydrogens (tertiary/aromatic N) is 1. The summed E-state index contributed by atoms with van der Waals surface area (Å²) in [7, 11) is 0. The monoisotopic (exact) mass is 273 g/mol. The molecule has 1 aromatic carbocycles. The van der Waals surface area contributed by atoms with Crippen LogP contribution < -0.4 is 10.6 Å². The van der Waals surface area contributed by atoms with Gasteiger partial charge in [-0.05, 0) is 30.7 Å². The number of hydrogen-bond donors (Lipinski definition) is 2. The standard InChI is InChI=1S/C14H12ClN3O/c1-9-13(7-16)10(5-14(19)18-9)8-17-12-4-2-3-11(15)6-12/h2-4,6,8,17H,5H2,1H3,(H,18,19). The Kier molecular flexibility index (Phi) is 3.88. The molecule has 1 heterocycles. The van der Waals surface area contributed by atoms with Crippen molar-refractivity contribution in [3.63, 3.8) is 0 Å². The fourth-order valence-corrected chi connectivity index (χ4v) is 2.04. The van der Waals surface area contributed by atoms with E-state index in [0.717, 1.165) is 5.69 Å². The average molecular weight is 274 g/mol. The van der Waals surface area contributed by atoms with Gasteiger partial charge in [0.1, 0.15) is 6.07 Å². The summed E-state index contributed by atoms with van der Waals surface area (Å²) >= 11 is 5.88. The molecule has 0 radical (unpaired) electrons. The minimum absolute atomic E-state index is 0.115. The molecule has 0 bridgehead atoms. The van der Waals surface area contributed by atoms with Crippen molar-refractivity contribution in [3.05, 3.63) is 52.3 Å². The lowest BCUT2D eigenvalue weighted by atomic mass is 9.99. The largest absolute Gasteiger partial charge is 0.361 e. The van der Waals surface area contributed by atoms with Gasteiger partial charge >= 0.3 is 0 Å². The highest BCUT2D eigenvalue weighted by Crippen LogP contribution is 2.22. The molecule has 1 amide bonds. The third-order valence-electron chi connectivity index (χ3n) is 2.72. The summed E-state index contributed by atoms with van der Waals surface area (Å²) in [6.07, 6.45) is 1.86. The molecular weight excluding hydrogens is 262 g/mol. The first-order chi connectivity index (χ1) is 9.10. The van der Waals surface area contributed by atoms with Crippen molar-refractivity contribution in [2.75, 3.05) is 5.32 Å². The van der Waals surface area contributed by atoms with Gasteiger partial charge in [0.25, 0.3) is 0 Å². The van der Waals surface area contributed by atoms with Gasteiger partial charge in [-0.2, -0.15) is 5.26 Å². The summed E-state index contributed by atoms with van der Waals surface area (Å²) in [6.45, 7) is 1.71. The molecular formula is C14H12ClN3O. The quantitative estimate of drug-likeness (QED) is 0.871. The van der Waals surface area contributed by atoms with Gasteiger partial charge in [0.05, 0.1) is 12.0 Å². The van der Waals surface area contributed by atoms with Crippen LogP contribution in [0.15, 0.2) is 47.3 Å². The number of benzene rings is 1. The minimum Gasteiger partial charge on any atom is -0.361 e. The Bertz CT molecular complexity index is 626. The van der Waals surface area contributed by atoms with Crippen molar-refractivity contribution >= 4 is 23.2 Å². The van der Waals surface area contributed by atoms with Crippen LogP contribution in [0.4, 0.5) is 5.69 Å². The third-order valence-corrected chi connectivity index (χ3v) is 2.96. The number of anilines is 1.